The monoisotopic (exact) mass is 323 g/mol. The van der Waals surface area contributed by atoms with E-state index < -0.39 is 0 Å². The van der Waals surface area contributed by atoms with Crippen molar-refractivity contribution in [2.24, 2.45) is 10.7 Å². The molecule has 0 aromatic heterocycles. The van der Waals surface area contributed by atoms with Gasteiger partial charge in [0.15, 0.2) is 17.5 Å². The van der Waals surface area contributed by atoms with Crippen LogP contribution in [0, 0.1) is 0 Å². The van der Waals surface area contributed by atoms with E-state index in [0.29, 0.717) is 24.0 Å². The summed E-state index contributed by atoms with van der Waals surface area (Å²) in [5.74, 6) is 1.84. The molecule has 1 aromatic carbocycles. The van der Waals surface area contributed by atoms with Crippen molar-refractivity contribution in [3.8, 4) is 11.5 Å². The van der Waals surface area contributed by atoms with Gasteiger partial charge in [0.25, 0.3) is 0 Å². The van der Waals surface area contributed by atoms with Crippen molar-refractivity contribution >= 4 is 5.96 Å². The Morgan fingerprint density at radius 1 is 1.17 bits per heavy atom. The standard InChI is InChI=1S/C17H29N3O3/c1-13(2)23-10-6-5-9-19-17(18)20-12-14-7-8-15(21-3)16(11-14)22-4/h7-8,11,13H,5-6,9-10,12H2,1-4H3,(H3,18,19,20). The highest BCUT2D eigenvalue weighted by Crippen LogP contribution is 2.27. The van der Waals surface area contributed by atoms with Crippen LogP contribution in [0.15, 0.2) is 23.2 Å². The third-order valence-corrected chi connectivity index (χ3v) is 3.21. The molecule has 0 amide bonds. The van der Waals surface area contributed by atoms with E-state index in [1.807, 2.05) is 32.0 Å². The largest absolute Gasteiger partial charge is 0.493 e. The van der Waals surface area contributed by atoms with Crippen LogP contribution in [0.2, 0.25) is 0 Å². The Labute approximate surface area is 139 Å². The third-order valence-electron chi connectivity index (χ3n) is 3.21. The number of rotatable bonds is 10. The first-order valence-corrected chi connectivity index (χ1v) is 7.93. The lowest BCUT2D eigenvalue weighted by molar-refractivity contribution is 0.0762. The van der Waals surface area contributed by atoms with Crippen LogP contribution in [0.5, 0.6) is 11.5 Å². The lowest BCUT2D eigenvalue weighted by atomic mass is 10.2. The normalized spacial score (nSPS) is 11.6. The first-order chi connectivity index (χ1) is 11.1. The van der Waals surface area contributed by atoms with Crippen LogP contribution >= 0.6 is 0 Å². The van der Waals surface area contributed by atoms with Crippen LogP contribution in [0.25, 0.3) is 0 Å². The fraction of sp³-hybridized carbons (Fsp3) is 0.588. The van der Waals surface area contributed by atoms with Crippen LogP contribution in [0.4, 0.5) is 0 Å². The fourth-order valence-corrected chi connectivity index (χ4v) is 1.97. The number of methoxy groups -OCH3 is 2. The van der Waals surface area contributed by atoms with Gasteiger partial charge in [0, 0.05) is 13.2 Å². The molecule has 0 radical (unpaired) electrons. The molecule has 6 nitrogen and oxygen atoms in total. The Kier molecular flexibility index (Phi) is 8.90. The van der Waals surface area contributed by atoms with Gasteiger partial charge in [-0.3, -0.25) is 0 Å². The van der Waals surface area contributed by atoms with Crippen LogP contribution in [0.3, 0.4) is 0 Å². The van der Waals surface area contributed by atoms with Gasteiger partial charge in [0.05, 0.1) is 26.9 Å². The number of unbranched alkanes of at least 4 members (excludes halogenated alkanes) is 1. The number of nitrogens with two attached hydrogens (primary N) is 1. The Bertz CT molecular complexity index is 490. The molecule has 1 rings (SSSR count). The van der Waals surface area contributed by atoms with Crippen molar-refractivity contribution < 1.29 is 14.2 Å². The van der Waals surface area contributed by atoms with E-state index in [0.717, 1.165) is 31.6 Å². The average molecular weight is 323 g/mol. The predicted octanol–water partition coefficient (Wildman–Crippen LogP) is 2.31. The molecule has 0 aliphatic heterocycles. The van der Waals surface area contributed by atoms with E-state index in [9.17, 15) is 0 Å². The molecule has 1 aromatic rings. The van der Waals surface area contributed by atoms with Crippen molar-refractivity contribution in [1.82, 2.24) is 5.32 Å². The van der Waals surface area contributed by atoms with E-state index in [-0.39, 0.29) is 6.10 Å². The zero-order valence-electron chi connectivity index (χ0n) is 14.6. The number of aliphatic imine (C=N–C) groups is 1. The highest BCUT2D eigenvalue weighted by atomic mass is 16.5. The molecule has 0 aliphatic carbocycles. The second-order valence-electron chi connectivity index (χ2n) is 5.44. The molecule has 0 saturated carbocycles. The second kappa shape index (κ2) is 10.7. The average Bonchev–Trinajstić information content (AvgIpc) is 2.55. The third kappa shape index (κ3) is 7.74. The summed E-state index contributed by atoms with van der Waals surface area (Å²) in [5, 5.41) is 3.11. The number of nitrogens with zero attached hydrogens (tertiary/aromatic N) is 1. The number of hydrogen-bond donors (Lipinski definition) is 2. The van der Waals surface area contributed by atoms with Crippen molar-refractivity contribution in [3.05, 3.63) is 23.8 Å². The highest BCUT2D eigenvalue weighted by Gasteiger charge is 2.04. The molecule has 130 valence electrons. The minimum absolute atomic E-state index is 0.288. The maximum absolute atomic E-state index is 5.86. The quantitative estimate of drug-likeness (QED) is 0.392. The minimum Gasteiger partial charge on any atom is -0.493 e. The molecule has 0 saturated heterocycles. The molecule has 0 spiro atoms. The van der Waals surface area contributed by atoms with Crippen molar-refractivity contribution in [2.75, 3.05) is 27.4 Å². The first kappa shape index (κ1) is 19.1. The Morgan fingerprint density at radius 2 is 1.91 bits per heavy atom. The highest BCUT2D eigenvalue weighted by molar-refractivity contribution is 5.77. The first-order valence-electron chi connectivity index (χ1n) is 7.93. The van der Waals surface area contributed by atoms with E-state index in [1.54, 1.807) is 14.2 Å². The van der Waals surface area contributed by atoms with E-state index in [2.05, 4.69) is 10.3 Å². The van der Waals surface area contributed by atoms with Gasteiger partial charge in [-0.2, -0.15) is 0 Å². The van der Waals surface area contributed by atoms with Gasteiger partial charge in [0.1, 0.15) is 0 Å². The van der Waals surface area contributed by atoms with Crippen LogP contribution in [-0.4, -0.2) is 39.4 Å². The smallest absolute Gasteiger partial charge is 0.188 e. The molecule has 23 heavy (non-hydrogen) atoms. The van der Waals surface area contributed by atoms with E-state index in [4.69, 9.17) is 19.9 Å². The molecule has 0 fully saturated rings. The van der Waals surface area contributed by atoms with Gasteiger partial charge in [-0.1, -0.05) is 6.07 Å². The number of hydrogen-bond acceptors (Lipinski definition) is 4. The second-order valence-corrected chi connectivity index (χ2v) is 5.44. The Hall–Kier alpha value is -1.95. The van der Waals surface area contributed by atoms with Gasteiger partial charge in [-0.05, 0) is 44.4 Å². The summed E-state index contributed by atoms with van der Waals surface area (Å²) in [6, 6.07) is 5.71. The summed E-state index contributed by atoms with van der Waals surface area (Å²) in [6.07, 6.45) is 2.30. The maximum Gasteiger partial charge on any atom is 0.188 e. The molecular weight excluding hydrogens is 294 g/mol. The Morgan fingerprint density at radius 3 is 2.57 bits per heavy atom. The summed E-state index contributed by atoms with van der Waals surface area (Å²) in [5.41, 5.74) is 6.87. The summed E-state index contributed by atoms with van der Waals surface area (Å²) >= 11 is 0. The van der Waals surface area contributed by atoms with Gasteiger partial charge in [-0.25, -0.2) is 4.99 Å². The van der Waals surface area contributed by atoms with Crippen LogP contribution in [0.1, 0.15) is 32.3 Å². The van der Waals surface area contributed by atoms with E-state index in [1.165, 1.54) is 0 Å². The van der Waals surface area contributed by atoms with Crippen molar-refractivity contribution in [2.45, 2.75) is 39.3 Å². The summed E-state index contributed by atoms with van der Waals surface area (Å²) < 4.78 is 16.0. The molecule has 3 N–H and O–H groups in total. The number of ether oxygens (including phenoxy) is 3. The number of guanidine groups is 1. The number of benzene rings is 1. The Balaban J connectivity index is 2.33. The van der Waals surface area contributed by atoms with Crippen molar-refractivity contribution in [1.29, 1.82) is 0 Å². The molecule has 0 bridgehead atoms. The van der Waals surface area contributed by atoms with Gasteiger partial charge < -0.3 is 25.3 Å². The molecule has 0 heterocycles. The topological polar surface area (TPSA) is 78.1 Å². The SMILES string of the molecule is COc1ccc(CN=C(N)NCCCCOC(C)C)cc1OC. The molecule has 0 unspecified atom stereocenters. The predicted molar refractivity (Wildman–Crippen MR) is 93.2 cm³/mol. The zero-order chi connectivity index (χ0) is 17.1. The minimum atomic E-state index is 0.288. The van der Waals surface area contributed by atoms with Gasteiger partial charge in [-0.15, -0.1) is 0 Å². The summed E-state index contributed by atoms with van der Waals surface area (Å²) in [6.45, 7) is 6.15. The van der Waals surface area contributed by atoms with Gasteiger partial charge in [0.2, 0.25) is 0 Å². The lowest BCUT2D eigenvalue weighted by Gasteiger charge is -2.09. The fourth-order valence-electron chi connectivity index (χ4n) is 1.97. The summed E-state index contributed by atoms with van der Waals surface area (Å²) in [7, 11) is 3.23. The van der Waals surface area contributed by atoms with E-state index >= 15 is 0 Å². The molecule has 0 aliphatic rings. The zero-order valence-corrected chi connectivity index (χ0v) is 14.6. The molecule has 6 heteroatoms. The molecular formula is C17H29N3O3. The summed E-state index contributed by atoms with van der Waals surface area (Å²) in [4.78, 5) is 4.33. The lowest BCUT2D eigenvalue weighted by Crippen LogP contribution is -2.32. The maximum atomic E-state index is 5.86. The van der Waals surface area contributed by atoms with Gasteiger partial charge >= 0.3 is 0 Å². The molecule has 0 atom stereocenters. The number of nitrogens with one attached hydrogen (secondary N) is 1. The van der Waals surface area contributed by atoms with Crippen LogP contribution in [-0.2, 0) is 11.3 Å². The van der Waals surface area contributed by atoms with Crippen molar-refractivity contribution in [3.63, 3.8) is 0 Å². The van der Waals surface area contributed by atoms with Crippen LogP contribution < -0.4 is 20.5 Å².